The molecule has 0 heterocycles. The molecule has 3 aromatic carbocycles. The summed E-state index contributed by atoms with van der Waals surface area (Å²) in [7, 11) is 0. The Labute approximate surface area is 197 Å². The lowest BCUT2D eigenvalue weighted by Crippen LogP contribution is -2.47. The molecule has 8 heteroatoms. The van der Waals surface area contributed by atoms with Crippen LogP contribution in [-0.2, 0) is 4.79 Å². The number of nitrogens with one attached hydrogen (secondary N) is 4. The maximum atomic E-state index is 12.8. The minimum Gasteiger partial charge on any atom is -0.340 e. The molecule has 4 N–H and O–H groups in total. The molecule has 170 valence electrons. The van der Waals surface area contributed by atoms with Crippen molar-refractivity contribution in [3.8, 4) is 0 Å². The molecule has 3 aromatic rings. The Kier molecular flexibility index (Phi) is 8.05. The first-order valence-electron chi connectivity index (χ1n) is 10.4. The van der Waals surface area contributed by atoms with Gasteiger partial charge in [-0.1, -0.05) is 55.8 Å². The Balaban J connectivity index is 1.59. The van der Waals surface area contributed by atoms with Gasteiger partial charge in [-0.25, -0.2) is 4.79 Å². The number of hydrogen-bond acceptors (Lipinski definition) is 3. The molecule has 0 fully saturated rings. The fraction of sp³-hybridized carbons (Fsp3) is 0.160. The summed E-state index contributed by atoms with van der Waals surface area (Å²) in [5.74, 6) is -0.926. The van der Waals surface area contributed by atoms with Gasteiger partial charge in [0.2, 0.25) is 5.91 Å². The van der Waals surface area contributed by atoms with Crippen LogP contribution in [-0.4, -0.2) is 23.9 Å². The van der Waals surface area contributed by atoms with E-state index in [0.29, 0.717) is 27.6 Å². The van der Waals surface area contributed by atoms with Gasteiger partial charge in [0.15, 0.2) is 0 Å². The van der Waals surface area contributed by atoms with Crippen molar-refractivity contribution in [2.45, 2.75) is 19.9 Å². The standard InChI is InChI=1S/C25H25ClN4O3/c1-16(2)22(30-23(31)20-10-6-7-11-21(20)26)24(32)27-18-12-14-19(15-13-18)29-25(33)28-17-8-4-3-5-9-17/h3-16,22H,1-2H3,(H,27,32)(H,30,31)(H2,28,29,33). The fourth-order valence-electron chi connectivity index (χ4n) is 3.07. The summed E-state index contributed by atoms with van der Waals surface area (Å²) >= 11 is 6.09. The first kappa shape index (κ1) is 23.8. The molecule has 0 aliphatic rings. The van der Waals surface area contributed by atoms with Gasteiger partial charge in [-0.05, 0) is 54.4 Å². The molecule has 0 aromatic heterocycles. The zero-order valence-corrected chi connectivity index (χ0v) is 19.0. The number of rotatable bonds is 7. The van der Waals surface area contributed by atoms with Crippen LogP contribution in [0.25, 0.3) is 0 Å². The van der Waals surface area contributed by atoms with E-state index in [2.05, 4.69) is 21.3 Å². The summed E-state index contributed by atoms with van der Waals surface area (Å²) in [4.78, 5) is 37.5. The Morgan fingerprint density at radius 1 is 0.697 bits per heavy atom. The van der Waals surface area contributed by atoms with E-state index >= 15 is 0 Å². The summed E-state index contributed by atoms with van der Waals surface area (Å²) in [5, 5.41) is 11.3. The predicted octanol–water partition coefficient (Wildman–Crippen LogP) is 5.38. The molecule has 33 heavy (non-hydrogen) atoms. The Bertz CT molecular complexity index is 1120. The summed E-state index contributed by atoms with van der Waals surface area (Å²) in [6, 6.07) is 21.3. The SMILES string of the molecule is CC(C)C(NC(=O)c1ccccc1Cl)C(=O)Nc1ccc(NC(=O)Nc2ccccc2)cc1. The molecule has 0 saturated carbocycles. The first-order chi connectivity index (χ1) is 15.8. The molecule has 0 aliphatic carbocycles. The number of carbonyl (C=O) groups is 3. The fourth-order valence-corrected chi connectivity index (χ4v) is 3.29. The third kappa shape index (κ3) is 6.82. The molecule has 1 atom stereocenters. The Morgan fingerprint density at radius 2 is 1.21 bits per heavy atom. The topological polar surface area (TPSA) is 99.3 Å². The van der Waals surface area contributed by atoms with Crippen molar-refractivity contribution in [1.82, 2.24) is 5.32 Å². The van der Waals surface area contributed by atoms with Crippen LogP contribution in [0.4, 0.5) is 21.9 Å². The van der Waals surface area contributed by atoms with Crippen LogP contribution >= 0.6 is 11.6 Å². The number of urea groups is 1. The average Bonchev–Trinajstić information content (AvgIpc) is 2.79. The average molecular weight is 465 g/mol. The predicted molar refractivity (Wildman–Crippen MR) is 132 cm³/mol. The van der Waals surface area contributed by atoms with E-state index in [4.69, 9.17) is 11.6 Å². The smallest absolute Gasteiger partial charge is 0.323 e. The van der Waals surface area contributed by atoms with Gasteiger partial charge in [-0.15, -0.1) is 0 Å². The highest BCUT2D eigenvalue weighted by molar-refractivity contribution is 6.33. The number of para-hydroxylation sites is 1. The van der Waals surface area contributed by atoms with Crippen LogP contribution in [0.1, 0.15) is 24.2 Å². The van der Waals surface area contributed by atoms with E-state index < -0.39 is 11.9 Å². The third-order valence-corrected chi connectivity index (χ3v) is 5.13. The minimum atomic E-state index is -0.761. The minimum absolute atomic E-state index is 0.154. The summed E-state index contributed by atoms with van der Waals surface area (Å²) in [6.45, 7) is 3.69. The van der Waals surface area contributed by atoms with E-state index in [1.165, 1.54) is 0 Å². The highest BCUT2D eigenvalue weighted by Gasteiger charge is 2.25. The second kappa shape index (κ2) is 11.2. The van der Waals surface area contributed by atoms with E-state index in [0.717, 1.165) is 0 Å². The van der Waals surface area contributed by atoms with Crippen LogP contribution < -0.4 is 21.3 Å². The quantitative estimate of drug-likeness (QED) is 0.378. The second-order valence-corrected chi connectivity index (χ2v) is 8.09. The van der Waals surface area contributed by atoms with E-state index in [1.54, 1.807) is 60.7 Å². The van der Waals surface area contributed by atoms with Crippen LogP contribution in [0.15, 0.2) is 78.9 Å². The molecular formula is C25H25ClN4O3. The number of amides is 4. The van der Waals surface area contributed by atoms with E-state index in [-0.39, 0.29) is 17.9 Å². The van der Waals surface area contributed by atoms with Gasteiger partial charge in [0, 0.05) is 17.1 Å². The lowest BCUT2D eigenvalue weighted by Gasteiger charge is -2.22. The zero-order valence-electron chi connectivity index (χ0n) is 18.3. The lowest BCUT2D eigenvalue weighted by molar-refractivity contribution is -0.118. The number of benzene rings is 3. The number of carbonyl (C=O) groups excluding carboxylic acids is 3. The number of hydrogen-bond donors (Lipinski definition) is 4. The maximum absolute atomic E-state index is 12.8. The van der Waals surface area contributed by atoms with Crippen molar-refractivity contribution in [2.75, 3.05) is 16.0 Å². The van der Waals surface area contributed by atoms with Crippen LogP contribution in [0.3, 0.4) is 0 Å². The van der Waals surface area contributed by atoms with Gasteiger partial charge in [0.05, 0.1) is 10.6 Å². The Morgan fingerprint density at radius 3 is 1.79 bits per heavy atom. The van der Waals surface area contributed by atoms with Crippen LogP contribution in [0, 0.1) is 5.92 Å². The molecule has 4 amide bonds. The molecule has 0 radical (unpaired) electrons. The summed E-state index contributed by atoms with van der Waals surface area (Å²) < 4.78 is 0. The second-order valence-electron chi connectivity index (χ2n) is 7.69. The molecule has 1 unspecified atom stereocenters. The molecule has 3 rings (SSSR count). The molecule has 7 nitrogen and oxygen atoms in total. The van der Waals surface area contributed by atoms with Crippen molar-refractivity contribution < 1.29 is 14.4 Å². The summed E-state index contributed by atoms with van der Waals surface area (Å²) in [6.07, 6.45) is 0. The molecule has 0 bridgehead atoms. The molecule has 0 saturated heterocycles. The van der Waals surface area contributed by atoms with Gasteiger partial charge >= 0.3 is 6.03 Å². The first-order valence-corrected chi connectivity index (χ1v) is 10.8. The van der Waals surface area contributed by atoms with Gasteiger partial charge in [0.25, 0.3) is 5.91 Å². The lowest BCUT2D eigenvalue weighted by atomic mass is 10.0. The van der Waals surface area contributed by atoms with Crippen LogP contribution in [0.5, 0.6) is 0 Å². The van der Waals surface area contributed by atoms with Crippen molar-refractivity contribution in [3.05, 3.63) is 89.4 Å². The monoisotopic (exact) mass is 464 g/mol. The molecule has 0 aliphatic heterocycles. The Hall–Kier alpha value is -3.84. The van der Waals surface area contributed by atoms with E-state index in [9.17, 15) is 14.4 Å². The highest BCUT2D eigenvalue weighted by atomic mass is 35.5. The van der Waals surface area contributed by atoms with Gasteiger partial charge in [0.1, 0.15) is 6.04 Å². The number of anilines is 3. The summed E-state index contributed by atoms with van der Waals surface area (Å²) in [5.41, 5.74) is 2.08. The third-order valence-electron chi connectivity index (χ3n) is 4.80. The van der Waals surface area contributed by atoms with Gasteiger partial charge in [-0.3, -0.25) is 9.59 Å². The van der Waals surface area contributed by atoms with Crippen molar-refractivity contribution in [2.24, 2.45) is 5.92 Å². The molecular weight excluding hydrogens is 440 g/mol. The van der Waals surface area contributed by atoms with Crippen LogP contribution in [0.2, 0.25) is 5.02 Å². The molecule has 0 spiro atoms. The highest BCUT2D eigenvalue weighted by Crippen LogP contribution is 2.18. The van der Waals surface area contributed by atoms with Gasteiger partial charge < -0.3 is 21.3 Å². The zero-order chi connectivity index (χ0) is 23.8. The van der Waals surface area contributed by atoms with Crippen molar-refractivity contribution in [3.63, 3.8) is 0 Å². The normalized spacial score (nSPS) is 11.4. The van der Waals surface area contributed by atoms with E-state index in [1.807, 2.05) is 32.0 Å². The van der Waals surface area contributed by atoms with Gasteiger partial charge in [-0.2, -0.15) is 0 Å². The largest absolute Gasteiger partial charge is 0.340 e. The van der Waals surface area contributed by atoms with Crippen molar-refractivity contribution in [1.29, 1.82) is 0 Å². The maximum Gasteiger partial charge on any atom is 0.323 e. The number of halogens is 1. The van der Waals surface area contributed by atoms with Crippen molar-refractivity contribution >= 4 is 46.5 Å².